The van der Waals surface area contributed by atoms with Gasteiger partial charge in [-0.3, -0.25) is 0 Å². The third-order valence-corrected chi connectivity index (χ3v) is 12.6. The molecule has 0 unspecified atom stereocenters. The Morgan fingerprint density at radius 2 is 1.79 bits per heavy atom. The summed E-state index contributed by atoms with van der Waals surface area (Å²) < 4.78 is 12.6. The fourth-order valence-corrected chi connectivity index (χ4v) is 10.5. The van der Waals surface area contributed by atoms with E-state index >= 15 is 0 Å². The fraction of sp³-hybridized carbons (Fsp3) is 0.794. The maximum atomic E-state index is 12.8. The van der Waals surface area contributed by atoms with Crippen molar-refractivity contribution in [3.8, 4) is 0 Å². The van der Waals surface area contributed by atoms with Crippen LogP contribution in [0.4, 0.5) is 0 Å². The van der Waals surface area contributed by atoms with Crippen LogP contribution in [-0.4, -0.2) is 35.0 Å². The Morgan fingerprint density at radius 1 is 1.03 bits per heavy atom. The first kappa shape index (κ1) is 26.8. The molecule has 1 heterocycles. The number of rotatable bonds is 7. The number of fused-ring (bicyclic) bond motifs is 4. The SMILES string of the molecule is CC(C)CCC[C@H](C)[C@@H]1CC[C@@H]2[C@H]3[C@H](O)[C@@H]4O[C@@]45C[C@@H](OC(=O)c4ccccc4)CC[C@]5(C)[C@@H]3CC[C@]21C. The molecular formula is C34H50O4. The topological polar surface area (TPSA) is 59.1 Å². The summed E-state index contributed by atoms with van der Waals surface area (Å²) in [4.78, 5) is 12.8. The second-order valence-corrected chi connectivity index (χ2v) is 14.8. The average molecular weight is 523 g/mol. The Balaban J connectivity index is 1.17. The van der Waals surface area contributed by atoms with Crippen LogP contribution >= 0.6 is 0 Å². The molecule has 38 heavy (non-hydrogen) atoms. The lowest BCUT2D eigenvalue weighted by Gasteiger charge is -2.60. The molecule has 1 N–H and O–H groups in total. The highest BCUT2D eigenvalue weighted by molar-refractivity contribution is 5.89. The second kappa shape index (κ2) is 9.61. The van der Waals surface area contributed by atoms with E-state index in [-0.39, 0.29) is 29.2 Å². The van der Waals surface area contributed by atoms with Gasteiger partial charge in [0.2, 0.25) is 0 Å². The Kier molecular flexibility index (Phi) is 6.78. The zero-order chi connectivity index (χ0) is 26.9. The van der Waals surface area contributed by atoms with Gasteiger partial charge >= 0.3 is 5.97 Å². The van der Waals surface area contributed by atoms with Gasteiger partial charge in [0.05, 0.1) is 11.7 Å². The maximum Gasteiger partial charge on any atom is 0.338 e. The van der Waals surface area contributed by atoms with Crippen LogP contribution in [0.3, 0.4) is 0 Å². The summed E-state index contributed by atoms with van der Waals surface area (Å²) in [6, 6.07) is 9.30. The number of aliphatic hydroxyl groups excluding tert-OH is 1. The van der Waals surface area contributed by atoms with Gasteiger partial charge in [0.25, 0.3) is 0 Å². The van der Waals surface area contributed by atoms with E-state index in [1.165, 1.54) is 44.9 Å². The normalized spacial score (nSPS) is 45.9. The van der Waals surface area contributed by atoms with E-state index in [9.17, 15) is 9.90 Å². The molecule has 0 radical (unpaired) electrons. The van der Waals surface area contributed by atoms with Crippen LogP contribution in [0.5, 0.6) is 0 Å². The van der Waals surface area contributed by atoms with Crippen LogP contribution in [0.2, 0.25) is 0 Å². The molecule has 1 saturated heterocycles. The minimum atomic E-state index is -0.392. The largest absolute Gasteiger partial charge is 0.459 e. The summed E-state index contributed by atoms with van der Waals surface area (Å²) in [5.41, 5.74) is 0.673. The highest BCUT2D eigenvalue weighted by Gasteiger charge is 2.79. The number of aliphatic hydroxyl groups is 1. The number of hydrogen-bond donors (Lipinski definition) is 1. The highest BCUT2D eigenvalue weighted by Crippen LogP contribution is 2.74. The van der Waals surface area contributed by atoms with Gasteiger partial charge in [-0.2, -0.15) is 0 Å². The number of carbonyl (C=O) groups is 1. The quantitative estimate of drug-likeness (QED) is 0.299. The summed E-state index contributed by atoms with van der Waals surface area (Å²) in [6.45, 7) is 12.2. The summed E-state index contributed by atoms with van der Waals surface area (Å²) in [7, 11) is 0. The molecule has 4 aliphatic carbocycles. The summed E-state index contributed by atoms with van der Waals surface area (Å²) in [5, 5.41) is 11.9. The molecular weight excluding hydrogens is 472 g/mol. The van der Waals surface area contributed by atoms with Crippen molar-refractivity contribution in [3.63, 3.8) is 0 Å². The van der Waals surface area contributed by atoms with Crippen molar-refractivity contribution in [3.05, 3.63) is 35.9 Å². The molecule has 1 spiro atoms. The van der Waals surface area contributed by atoms with Gasteiger partial charge in [0.15, 0.2) is 0 Å². The van der Waals surface area contributed by atoms with E-state index in [0.29, 0.717) is 28.7 Å². The van der Waals surface area contributed by atoms with Gasteiger partial charge in [0.1, 0.15) is 17.8 Å². The van der Waals surface area contributed by atoms with Gasteiger partial charge in [-0.05, 0) is 91.6 Å². The molecule has 1 aromatic carbocycles. The fourth-order valence-electron chi connectivity index (χ4n) is 10.5. The van der Waals surface area contributed by atoms with Gasteiger partial charge in [0, 0.05) is 11.8 Å². The summed E-state index contributed by atoms with van der Waals surface area (Å²) in [5.74, 6) is 3.53. The Morgan fingerprint density at radius 3 is 2.53 bits per heavy atom. The van der Waals surface area contributed by atoms with Crippen molar-refractivity contribution in [1.82, 2.24) is 0 Å². The summed E-state index contributed by atoms with van der Waals surface area (Å²) in [6.07, 6.45) is 11.1. The van der Waals surface area contributed by atoms with Crippen molar-refractivity contribution in [2.24, 2.45) is 46.3 Å². The van der Waals surface area contributed by atoms with Crippen LogP contribution in [0, 0.1) is 46.3 Å². The van der Waals surface area contributed by atoms with E-state index in [2.05, 4.69) is 34.6 Å². The minimum Gasteiger partial charge on any atom is -0.459 e. The first-order valence-electron chi connectivity index (χ1n) is 15.7. The zero-order valence-corrected chi connectivity index (χ0v) is 24.3. The number of benzene rings is 1. The molecule has 5 fully saturated rings. The van der Waals surface area contributed by atoms with E-state index in [0.717, 1.165) is 37.0 Å². The Bertz CT molecular complexity index is 1020. The zero-order valence-electron chi connectivity index (χ0n) is 24.3. The third-order valence-electron chi connectivity index (χ3n) is 12.6. The predicted molar refractivity (Wildman–Crippen MR) is 150 cm³/mol. The standard InChI is InChI=1S/C34H50O4/c1-21(2)10-9-11-22(3)25-14-15-26-28-27(17-18-32(25,26)4)33(5)19-16-24(20-34(33)30(38-34)29(28)35)37-31(36)23-12-7-6-8-13-23/h6-8,12-13,21-22,24-30,35H,9-11,14-20H2,1-5H3/t22-,24-,25-,26+,27+,28+,29-,30-,32-,33+,34-/m0/s1. The van der Waals surface area contributed by atoms with Gasteiger partial charge in [-0.15, -0.1) is 0 Å². The lowest BCUT2D eigenvalue weighted by molar-refractivity contribution is -0.151. The molecule has 5 aliphatic rings. The molecule has 0 amide bonds. The van der Waals surface area contributed by atoms with Crippen molar-refractivity contribution in [1.29, 1.82) is 0 Å². The van der Waals surface area contributed by atoms with E-state index in [4.69, 9.17) is 9.47 Å². The minimum absolute atomic E-state index is 0.0551. The van der Waals surface area contributed by atoms with Gasteiger partial charge in [-0.1, -0.05) is 72.1 Å². The van der Waals surface area contributed by atoms with Crippen LogP contribution in [0.25, 0.3) is 0 Å². The van der Waals surface area contributed by atoms with E-state index < -0.39 is 6.10 Å². The lowest BCUT2D eigenvalue weighted by atomic mass is 9.43. The molecule has 4 nitrogen and oxygen atoms in total. The molecule has 6 rings (SSSR count). The molecule has 0 aromatic heterocycles. The predicted octanol–water partition coefficient (Wildman–Crippen LogP) is 7.44. The van der Waals surface area contributed by atoms with Gasteiger partial charge in [-0.25, -0.2) is 4.79 Å². The van der Waals surface area contributed by atoms with Crippen LogP contribution < -0.4 is 0 Å². The monoisotopic (exact) mass is 522 g/mol. The number of ether oxygens (including phenoxy) is 2. The first-order valence-corrected chi connectivity index (χ1v) is 15.7. The van der Waals surface area contributed by atoms with Crippen molar-refractivity contribution >= 4 is 5.97 Å². The van der Waals surface area contributed by atoms with Crippen molar-refractivity contribution in [2.45, 2.75) is 123 Å². The van der Waals surface area contributed by atoms with E-state index in [1.54, 1.807) is 0 Å². The maximum absolute atomic E-state index is 12.8. The van der Waals surface area contributed by atoms with Crippen molar-refractivity contribution < 1.29 is 19.4 Å². The van der Waals surface area contributed by atoms with Crippen molar-refractivity contribution in [2.75, 3.05) is 0 Å². The van der Waals surface area contributed by atoms with Crippen LogP contribution in [-0.2, 0) is 9.47 Å². The number of epoxide rings is 1. The molecule has 1 aromatic rings. The Labute approximate surface area is 230 Å². The number of esters is 1. The molecule has 11 atom stereocenters. The van der Waals surface area contributed by atoms with Crippen LogP contribution in [0.15, 0.2) is 30.3 Å². The lowest BCUT2D eigenvalue weighted by Crippen LogP contribution is -2.63. The second-order valence-electron chi connectivity index (χ2n) is 14.8. The number of carbonyl (C=O) groups excluding carboxylic acids is 1. The average Bonchev–Trinajstić information content (AvgIpc) is 3.51. The highest BCUT2D eigenvalue weighted by atomic mass is 16.6. The molecule has 0 bridgehead atoms. The first-order chi connectivity index (χ1) is 18.1. The number of hydrogen-bond acceptors (Lipinski definition) is 4. The summed E-state index contributed by atoms with van der Waals surface area (Å²) >= 11 is 0. The molecule has 210 valence electrons. The van der Waals surface area contributed by atoms with Crippen LogP contribution in [0.1, 0.15) is 109 Å². The smallest absolute Gasteiger partial charge is 0.338 e. The Hall–Kier alpha value is -1.39. The van der Waals surface area contributed by atoms with Gasteiger partial charge < -0.3 is 14.6 Å². The third kappa shape index (κ3) is 4.02. The molecule has 4 saturated carbocycles. The molecule has 1 aliphatic heterocycles. The van der Waals surface area contributed by atoms with E-state index in [1.807, 2.05) is 30.3 Å². The molecule has 4 heteroatoms.